The number of rotatable bonds is 8. The Morgan fingerprint density at radius 1 is 0.220 bits per heavy atom. The van der Waals surface area contributed by atoms with Gasteiger partial charge in [-0.15, -0.1) is 0 Å². The molecule has 0 aromatic rings. The Hall–Kier alpha value is -2.40. The molecule has 0 aliphatic heterocycles. The molecule has 28 unspecified atom stereocenters. The zero-order valence-electron chi connectivity index (χ0n) is 70.5. The van der Waals surface area contributed by atoms with E-state index in [4.69, 9.17) is 0 Å². The zero-order valence-corrected chi connectivity index (χ0v) is 70.5. The normalized spacial score (nSPS) is 38.2. The highest BCUT2D eigenvalue weighted by molar-refractivity contribution is 5.08. The molecule has 8 nitrogen and oxygen atoms in total. The third-order valence-electron chi connectivity index (χ3n) is 23.7. The van der Waals surface area contributed by atoms with Crippen LogP contribution in [0.15, 0.2) is 93.2 Å². The molecule has 0 bridgehead atoms. The molecule has 8 saturated carbocycles. The molecular weight excluding hydrogens is 1230 g/mol. The maximum Gasteiger partial charge on any atom is 0.0630 e. The molecule has 0 saturated heterocycles. The van der Waals surface area contributed by atoms with E-state index in [1.54, 1.807) is 0 Å². The van der Waals surface area contributed by atoms with Gasteiger partial charge in [0.1, 0.15) is 0 Å². The van der Waals surface area contributed by atoms with Gasteiger partial charge in [-0.2, -0.15) is 0 Å². The molecule has 0 aromatic carbocycles. The first kappa shape index (κ1) is 95.6. The van der Waals surface area contributed by atoms with Gasteiger partial charge < -0.3 is 40.9 Å². The van der Waals surface area contributed by atoms with E-state index in [2.05, 4.69) is 242 Å². The smallest absolute Gasteiger partial charge is 0.0630 e. The lowest BCUT2D eigenvalue weighted by atomic mass is 9.72. The Morgan fingerprint density at radius 2 is 0.660 bits per heavy atom. The van der Waals surface area contributed by atoms with E-state index in [-0.39, 0.29) is 48.8 Å². The van der Waals surface area contributed by atoms with Crippen molar-refractivity contribution in [1.82, 2.24) is 0 Å². The van der Waals surface area contributed by atoms with Crippen LogP contribution in [0.3, 0.4) is 0 Å². The summed E-state index contributed by atoms with van der Waals surface area (Å²) in [5, 5.41) is 77.7. The quantitative estimate of drug-likeness (QED) is 0.111. The summed E-state index contributed by atoms with van der Waals surface area (Å²) in [6.45, 7) is 60.7. The first-order chi connectivity index (χ1) is 46.4. The summed E-state index contributed by atoms with van der Waals surface area (Å²) in [5.74, 6) is 11.8. The van der Waals surface area contributed by atoms with Crippen molar-refractivity contribution in [2.45, 2.75) is 371 Å². The Kier molecular flexibility index (Phi) is 47.3. The van der Waals surface area contributed by atoms with E-state index in [0.29, 0.717) is 107 Å². The first-order valence-electron chi connectivity index (χ1n) is 41.1. The Bertz CT molecular complexity index is 2340. The highest BCUT2D eigenvalue weighted by atomic mass is 16.3. The minimum atomic E-state index is -0.126. The summed E-state index contributed by atoms with van der Waals surface area (Å²) in [7, 11) is 0. The minimum absolute atomic E-state index is 0.0400. The van der Waals surface area contributed by atoms with Gasteiger partial charge in [0.15, 0.2) is 0 Å². The lowest BCUT2D eigenvalue weighted by Crippen LogP contribution is -2.35. The third kappa shape index (κ3) is 39.8. The molecule has 8 rings (SSSR count). The van der Waals surface area contributed by atoms with Crippen molar-refractivity contribution in [3.8, 4) is 0 Å². The molecule has 0 spiro atoms. The summed E-state index contributed by atoms with van der Waals surface area (Å²) in [6, 6.07) is 0. The Balaban J connectivity index is 0.000000572. The van der Waals surface area contributed by atoms with Gasteiger partial charge in [0, 0.05) is 23.7 Å². The predicted molar refractivity (Wildman–Crippen MR) is 434 cm³/mol. The largest absolute Gasteiger partial charge is 0.393 e. The number of aliphatic hydroxyl groups excluding tert-OH is 8. The van der Waals surface area contributed by atoms with Crippen LogP contribution < -0.4 is 0 Å². The van der Waals surface area contributed by atoms with Gasteiger partial charge in [0.05, 0.1) is 48.8 Å². The molecule has 8 fully saturated rings. The standard InChI is InChI=1S/4C12H22O.4C11H20O/c1-8(2)5-11-6-9(3)10(4)7-12(11)13;1-8(2)5-11-10(4)6-9(3)7-12(11)13;1-8(2)7-11-10(4)9(3)5-6-12(11)13;1-8(2)7-11-9(3)5-6-10(4)12(11)13;1-8(2)4-10-5-9(3)6-11(12)7-10;1-8(2)6-10-4-5-11(12)7-9(10)3;1-8(2)6-10-4-5-11(12)9(3)7-10;1-8(2)6-10-5-4-9(3)11(12)7-10/h2*5,9-13H,6-7H2,1-4H3;2*7,9-13H,5-6H2,1-4H3;4,9-12H,5-7H2,1-3H3;3*6,9-12H,4-5,7H2,1-3H3. The molecule has 100 heavy (non-hydrogen) atoms. The molecule has 8 aliphatic rings. The van der Waals surface area contributed by atoms with Crippen LogP contribution in [0.25, 0.3) is 0 Å². The summed E-state index contributed by atoms with van der Waals surface area (Å²) in [6.07, 6.45) is 39.5. The summed E-state index contributed by atoms with van der Waals surface area (Å²) >= 11 is 0. The average Bonchev–Trinajstić information content (AvgIpc) is 0.857. The van der Waals surface area contributed by atoms with Crippen LogP contribution in [-0.4, -0.2) is 89.7 Å². The highest BCUT2D eigenvalue weighted by Gasteiger charge is 2.35. The van der Waals surface area contributed by atoms with E-state index in [1.807, 2.05) is 0 Å². The number of allylic oxidation sites excluding steroid dienone is 12. The molecule has 8 N–H and O–H groups in total. The molecule has 0 amide bonds. The van der Waals surface area contributed by atoms with Crippen LogP contribution in [0.5, 0.6) is 0 Å². The molecular formula is C92H168O8. The van der Waals surface area contributed by atoms with E-state index < -0.39 is 0 Å². The Labute approximate surface area is 620 Å². The summed E-state index contributed by atoms with van der Waals surface area (Å²) in [4.78, 5) is 0. The minimum Gasteiger partial charge on any atom is -0.393 e. The van der Waals surface area contributed by atoms with Crippen molar-refractivity contribution < 1.29 is 40.9 Å². The van der Waals surface area contributed by atoms with Gasteiger partial charge in [-0.25, -0.2) is 0 Å². The van der Waals surface area contributed by atoms with Crippen LogP contribution in [0.1, 0.15) is 322 Å². The van der Waals surface area contributed by atoms with Gasteiger partial charge >= 0.3 is 0 Å². The summed E-state index contributed by atoms with van der Waals surface area (Å²) in [5.41, 5.74) is 10.9. The van der Waals surface area contributed by atoms with Gasteiger partial charge in [-0.1, -0.05) is 176 Å². The molecule has 8 heteroatoms. The maximum absolute atomic E-state index is 10.0. The number of aliphatic hydroxyl groups is 8. The van der Waals surface area contributed by atoms with Gasteiger partial charge in [0.2, 0.25) is 0 Å². The van der Waals surface area contributed by atoms with E-state index in [0.717, 1.165) is 95.3 Å². The molecule has 0 radical (unpaired) electrons. The van der Waals surface area contributed by atoms with Gasteiger partial charge in [-0.3, -0.25) is 0 Å². The maximum atomic E-state index is 10.0. The monoisotopic (exact) mass is 1400 g/mol. The Morgan fingerprint density at radius 3 is 1.16 bits per heavy atom. The van der Waals surface area contributed by atoms with Gasteiger partial charge in [0.25, 0.3) is 0 Å². The van der Waals surface area contributed by atoms with Crippen molar-refractivity contribution in [2.24, 2.45) is 118 Å². The lowest BCUT2D eigenvalue weighted by molar-refractivity contribution is 0.0189. The molecule has 28 atom stereocenters. The van der Waals surface area contributed by atoms with Crippen molar-refractivity contribution in [3.05, 3.63) is 93.2 Å². The topological polar surface area (TPSA) is 162 Å². The second-order valence-corrected chi connectivity index (χ2v) is 37.0. The van der Waals surface area contributed by atoms with Crippen molar-refractivity contribution >= 4 is 0 Å². The van der Waals surface area contributed by atoms with Crippen LogP contribution in [0.4, 0.5) is 0 Å². The van der Waals surface area contributed by atoms with E-state index in [9.17, 15) is 40.9 Å². The second-order valence-electron chi connectivity index (χ2n) is 37.0. The predicted octanol–water partition coefficient (Wildman–Crippen LogP) is 23.0. The van der Waals surface area contributed by atoms with E-state index in [1.165, 1.54) is 89.5 Å². The third-order valence-corrected chi connectivity index (χ3v) is 23.7. The van der Waals surface area contributed by atoms with Crippen molar-refractivity contribution in [1.29, 1.82) is 0 Å². The molecule has 584 valence electrons. The summed E-state index contributed by atoms with van der Waals surface area (Å²) < 4.78 is 0. The van der Waals surface area contributed by atoms with Crippen LogP contribution in [-0.2, 0) is 0 Å². The SMILES string of the molecule is CC(C)=CC1C(C)CC(C)CC1O.CC(C)=CC1C(C)CCC(C)C1O.CC(C)=CC1C(O)CCC(C)C1C.CC(C)=CC1CC(C)C(C)CC1O.CC(C)=CC1CC(C)CC(O)C1.CC(C)=CC1CCC(C)C(O)C1.CC(C)=CC1CCC(O)C(C)C1.CC(C)=CC1CCC(O)CC1C. The van der Waals surface area contributed by atoms with Gasteiger partial charge in [-0.05, 0) is 334 Å². The van der Waals surface area contributed by atoms with Crippen LogP contribution >= 0.6 is 0 Å². The van der Waals surface area contributed by atoms with Crippen molar-refractivity contribution in [2.75, 3.05) is 0 Å². The fraction of sp³-hybridized carbons (Fsp3) is 0.826. The average molecular weight is 1400 g/mol. The number of hydrogen-bond acceptors (Lipinski definition) is 8. The first-order valence-corrected chi connectivity index (χ1v) is 41.1. The molecule has 8 aliphatic carbocycles. The second kappa shape index (κ2) is 49.5. The van der Waals surface area contributed by atoms with Crippen molar-refractivity contribution in [3.63, 3.8) is 0 Å². The lowest BCUT2D eigenvalue weighted by Gasteiger charge is -2.36. The molecule has 0 aromatic heterocycles. The van der Waals surface area contributed by atoms with Crippen LogP contribution in [0, 0.1) is 118 Å². The van der Waals surface area contributed by atoms with Crippen LogP contribution in [0.2, 0.25) is 0 Å². The van der Waals surface area contributed by atoms with E-state index >= 15 is 0 Å². The fourth-order valence-electron chi connectivity index (χ4n) is 17.5. The fourth-order valence-corrected chi connectivity index (χ4v) is 17.5. The molecule has 0 heterocycles. The highest BCUT2D eigenvalue weighted by Crippen LogP contribution is 2.40. The zero-order chi connectivity index (χ0) is 76.6. The number of hydrogen-bond donors (Lipinski definition) is 8.